The van der Waals surface area contributed by atoms with Crippen LogP contribution < -0.4 is 0 Å². The predicted octanol–water partition coefficient (Wildman–Crippen LogP) is 0.0450. The van der Waals surface area contributed by atoms with Crippen LogP contribution in [0.2, 0.25) is 0 Å². The molecule has 370 valence electrons. The summed E-state index contributed by atoms with van der Waals surface area (Å²) in [7, 11) is 1.67. The highest BCUT2D eigenvalue weighted by Gasteiger charge is 2.76. The van der Waals surface area contributed by atoms with E-state index in [4.69, 9.17) is 37.9 Å². The smallest absolute Gasteiger partial charge is 0.187 e. The highest BCUT2D eigenvalue weighted by atomic mass is 16.8. The molecule has 4 aliphatic carbocycles. The molecule has 18 nitrogen and oxygen atoms in total. The standard InChI is InChI=1S/C46H78O18/c1-20(18-47)10-15-45(57-7)23(4)46(56)30(64-45)17-28-26-9-8-24-16-25(11-13-43(24,5)27(26)12-14-44(28,46)6)60-42-39(63-41-36(54)34(52)32(50)22(3)59-41)37(55)38(29(19-48)61-42)62-40-35(53)33(51)31(49)21(2)58-40/h20-42,47-56H,8-19H2,1-7H3/t20-,21+,22+,23-,24+,25+,26-,27+,28+,29-,30+,31+,32+,33-,34-,35-,36-,37+,38-,39-,40+,41+,42+,43+,44+,45-,46-/m1/s1. The number of aliphatic hydroxyl groups excluding tert-OH is 9. The van der Waals surface area contributed by atoms with Crippen molar-refractivity contribution < 1.29 is 89.0 Å². The molecule has 8 aliphatic rings. The third kappa shape index (κ3) is 7.96. The van der Waals surface area contributed by atoms with Gasteiger partial charge in [-0.3, -0.25) is 0 Å². The summed E-state index contributed by atoms with van der Waals surface area (Å²) in [6, 6.07) is 0. The van der Waals surface area contributed by atoms with Crippen molar-refractivity contribution in [2.45, 2.75) is 221 Å². The molecule has 0 spiro atoms. The molecule has 8 fully saturated rings. The fourth-order valence-corrected chi connectivity index (χ4v) is 14.3. The van der Waals surface area contributed by atoms with E-state index in [1.54, 1.807) is 7.11 Å². The normalized spacial score (nSPS) is 56.8. The van der Waals surface area contributed by atoms with Gasteiger partial charge in [-0.2, -0.15) is 0 Å². The molecule has 0 amide bonds. The van der Waals surface area contributed by atoms with E-state index in [9.17, 15) is 51.1 Å². The molecule has 10 N–H and O–H groups in total. The van der Waals surface area contributed by atoms with E-state index in [0.717, 1.165) is 44.9 Å². The van der Waals surface area contributed by atoms with Crippen LogP contribution in [0, 0.1) is 46.3 Å². The maximum atomic E-state index is 12.9. The van der Waals surface area contributed by atoms with Gasteiger partial charge in [-0.1, -0.05) is 27.7 Å². The summed E-state index contributed by atoms with van der Waals surface area (Å²) >= 11 is 0. The number of fused-ring (bicyclic) bond motifs is 7. The van der Waals surface area contributed by atoms with Gasteiger partial charge in [0.25, 0.3) is 0 Å². The molecule has 0 aromatic rings. The van der Waals surface area contributed by atoms with Crippen LogP contribution in [-0.4, -0.2) is 187 Å². The molecular formula is C46H78O18. The van der Waals surface area contributed by atoms with Gasteiger partial charge in [0, 0.05) is 31.5 Å². The Balaban J connectivity index is 0.975. The van der Waals surface area contributed by atoms with Crippen molar-refractivity contribution in [2.75, 3.05) is 20.3 Å². The minimum atomic E-state index is -1.73. The lowest BCUT2D eigenvalue weighted by molar-refractivity contribution is -0.389. The Bertz CT molecular complexity index is 1600. The lowest BCUT2D eigenvalue weighted by Gasteiger charge is -2.62. The van der Waals surface area contributed by atoms with Gasteiger partial charge in [-0.05, 0) is 107 Å². The van der Waals surface area contributed by atoms with E-state index in [0.29, 0.717) is 31.1 Å². The maximum Gasteiger partial charge on any atom is 0.187 e. The zero-order chi connectivity index (χ0) is 46.4. The van der Waals surface area contributed by atoms with E-state index in [-0.39, 0.29) is 53.3 Å². The molecular weight excluding hydrogens is 840 g/mol. The van der Waals surface area contributed by atoms with Gasteiger partial charge in [-0.25, -0.2) is 0 Å². The first-order chi connectivity index (χ1) is 30.2. The Morgan fingerprint density at radius 1 is 0.672 bits per heavy atom. The first-order valence-corrected chi connectivity index (χ1v) is 24.1. The zero-order valence-electron chi connectivity index (χ0n) is 38.5. The predicted molar refractivity (Wildman–Crippen MR) is 222 cm³/mol. The lowest BCUT2D eigenvalue weighted by Crippen LogP contribution is -2.66. The van der Waals surface area contributed by atoms with Crippen LogP contribution in [0.1, 0.15) is 106 Å². The maximum absolute atomic E-state index is 12.9. The van der Waals surface area contributed by atoms with Crippen LogP contribution in [0.4, 0.5) is 0 Å². The highest BCUT2D eigenvalue weighted by molar-refractivity contribution is 5.23. The van der Waals surface area contributed by atoms with Crippen molar-refractivity contribution in [2.24, 2.45) is 46.3 Å². The summed E-state index contributed by atoms with van der Waals surface area (Å²) < 4.78 is 49.6. The molecule has 0 unspecified atom stereocenters. The largest absolute Gasteiger partial charge is 0.396 e. The number of methoxy groups -OCH3 is 1. The van der Waals surface area contributed by atoms with Crippen molar-refractivity contribution in [1.29, 1.82) is 0 Å². The first-order valence-electron chi connectivity index (χ1n) is 24.1. The van der Waals surface area contributed by atoms with Crippen molar-refractivity contribution in [3.8, 4) is 0 Å². The second-order valence-electron chi connectivity index (χ2n) is 21.7. The van der Waals surface area contributed by atoms with Crippen LogP contribution in [0.15, 0.2) is 0 Å². The topological polar surface area (TPSA) is 276 Å². The van der Waals surface area contributed by atoms with Crippen LogP contribution in [0.3, 0.4) is 0 Å². The number of hydrogen-bond acceptors (Lipinski definition) is 18. The number of rotatable bonds is 12. The molecule has 18 heteroatoms. The van der Waals surface area contributed by atoms with Gasteiger partial charge < -0.3 is 89.0 Å². The van der Waals surface area contributed by atoms with Gasteiger partial charge in [0.2, 0.25) is 0 Å². The molecule has 4 saturated carbocycles. The van der Waals surface area contributed by atoms with Crippen LogP contribution in [0.25, 0.3) is 0 Å². The SMILES string of the molecule is CO[C@]1(CC[C@@H](C)CO)O[C@H]2C[C@H]3[C@@H]4CC[C@H]5C[C@@H](O[C@H]6O[C@H](CO)[C@@H](O[C@@H]7O[C@@H](C)[C@H](O)[C@@H](O)[C@H]7O)[C@H](O)[C@H]6O[C@@H]6O[C@@H](C)[C@H](O)[C@@H](O)[C@H]6O)CC[C@]5(C)[C@H]4CC[C@]3(C)[C@@]2(O)[C@@H]1C. The second kappa shape index (κ2) is 18.6. The summed E-state index contributed by atoms with van der Waals surface area (Å²) in [5.74, 6) is 0.338. The molecule has 4 heterocycles. The van der Waals surface area contributed by atoms with E-state index in [1.807, 2.05) is 6.92 Å². The summed E-state index contributed by atoms with van der Waals surface area (Å²) in [4.78, 5) is 0. The Labute approximate surface area is 376 Å². The number of ether oxygens (including phenoxy) is 8. The molecule has 64 heavy (non-hydrogen) atoms. The quantitative estimate of drug-likeness (QED) is 0.116. The van der Waals surface area contributed by atoms with Crippen molar-refractivity contribution in [1.82, 2.24) is 0 Å². The minimum absolute atomic E-state index is 0.00764. The minimum Gasteiger partial charge on any atom is -0.396 e. The van der Waals surface area contributed by atoms with Crippen molar-refractivity contribution >= 4 is 0 Å². The number of aliphatic hydroxyl groups is 10. The third-order valence-electron chi connectivity index (χ3n) is 18.5. The summed E-state index contributed by atoms with van der Waals surface area (Å²) in [6.45, 7) is 11.2. The van der Waals surface area contributed by atoms with E-state index in [1.165, 1.54) is 13.8 Å². The van der Waals surface area contributed by atoms with Crippen LogP contribution in [0.5, 0.6) is 0 Å². The Kier molecular flexibility index (Phi) is 14.4. The summed E-state index contributed by atoms with van der Waals surface area (Å²) in [5.41, 5.74) is -1.41. The van der Waals surface area contributed by atoms with E-state index < -0.39 is 110 Å². The highest BCUT2D eigenvalue weighted by Crippen LogP contribution is 2.72. The van der Waals surface area contributed by atoms with Gasteiger partial charge in [0.15, 0.2) is 24.7 Å². The van der Waals surface area contributed by atoms with E-state index in [2.05, 4.69) is 20.8 Å². The number of hydrogen-bond donors (Lipinski definition) is 10. The van der Waals surface area contributed by atoms with Gasteiger partial charge in [0.05, 0.1) is 31.0 Å². The molecule has 8 rings (SSSR count). The van der Waals surface area contributed by atoms with Crippen molar-refractivity contribution in [3.05, 3.63) is 0 Å². The average Bonchev–Trinajstić information content (AvgIpc) is 3.64. The molecule has 0 aromatic carbocycles. The van der Waals surface area contributed by atoms with Crippen LogP contribution in [-0.2, 0) is 37.9 Å². The summed E-state index contributed by atoms with van der Waals surface area (Å²) in [5, 5.41) is 109. The molecule has 4 saturated heterocycles. The molecule has 4 aliphatic heterocycles. The Hall–Kier alpha value is -0.720. The van der Waals surface area contributed by atoms with Gasteiger partial charge in [-0.15, -0.1) is 0 Å². The Morgan fingerprint density at radius 3 is 1.89 bits per heavy atom. The third-order valence-corrected chi connectivity index (χ3v) is 18.5. The molecule has 0 bridgehead atoms. The monoisotopic (exact) mass is 919 g/mol. The van der Waals surface area contributed by atoms with Crippen molar-refractivity contribution in [3.63, 3.8) is 0 Å². The lowest BCUT2D eigenvalue weighted by atomic mass is 9.44. The van der Waals surface area contributed by atoms with E-state index >= 15 is 0 Å². The van der Waals surface area contributed by atoms with Gasteiger partial charge in [0.1, 0.15) is 66.6 Å². The molecule has 0 aromatic heterocycles. The van der Waals surface area contributed by atoms with Gasteiger partial charge >= 0.3 is 0 Å². The fraction of sp³-hybridized carbons (Fsp3) is 1.00. The fourth-order valence-electron chi connectivity index (χ4n) is 14.3. The van der Waals surface area contributed by atoms with Crippen LogP contribution >= 0.6 is 0 Å². The molecule has 27 atom stereocenters. The zero-order valence-corrected chi connectivity index (χ0v) is 38.5. The average molecular weight is 919 g/mol. The summed E-state index contributed by atoms with van der Waals surface area (Å²) in [6.07, 6.45) is -14.3. The Morgan fingerprint density at radius 2 is 1.30 bits per heavy atom. The molecule has 0 radical (unpaired) electrons. The second-order valence-corrected chi connectivity index (χ2v) is 21.7. The first kappa shape index (κ1) is 49.7.